The maximum Gasteiger partial charge on any atom is 0.240 e. The van der Waals surface area contributed by atoms with Crippen molar-refractivity contribution in [2.75, 3.05) is 4.90 Å². The number of anilines is 2. The second-order valence-corrected chi connectivity index (χ2v) is 11.5. The third kappa shape index (κ3) is 4.85. The number of para-hydroxylation sites is 2. The Labute approximate surface area is 184 Å². The molecule has 2 aliphatic rings. The molecule has 0 aromatic heterocycles. The Bertz CT molecular complexity index is 974. The molecular weight excluding hydrogens is 414 g/mol. The first-order valence-electron chi connectivity index (χ1n) is 10.8. The van der Waals surface area contributed by atoms with Crippen LogP contribution in [-0.2, 0) is 16.6 Å². The molecule has 4 rings (SSSR count). The van der Waals surface area contributed by atoms with Crippen LogP contribution >= 0.6 is 11.8 Å². The van der Waals surface area contributed by atoms with Crippen molar-refractivity contribution in [1.29, 1.82) is 0 Å². The van der Waals surface area contributed by atoms with Crippen LogP contribution in [0.25, 0.3) is 0 Å². The molecular formula is C23H31N3O2S2. The molecule has 0 bridgehead atoms. The van der Waals surface area contributed by atoms with E-state index in [2.05, 4.69) is 18.3 Å². The van der Waals surface area contributed by atoms with Gasteiger partial charge in [0.2, 0.25) is 14.7 Å². The topological polar surface area (TPSA) is 75.4 Å². The first-order valence-corrected chi connectivity index (χ1v) is 13.3. The summed E-state index contributed by atoms with van der Waals surface area (Å²) in [6, 6.07) is 16.2. The lowest BCUT2D eigenvalue weighted by molar-refractivity contribution is 0.304. The molecule has 5 nitrogen and oxygen atoms in total. The van der Waals surface area contributed by atoms with Crippen LogP contribution in [0.5, 0.6) is 0 Å². The molecule has 1 unspecified atom stereocenters. The second-order valence-electron chi connectivity index (χ2n) is 8.50. The van der Waals surface area contributed by atoms with Crippen molar-refractivity contribution in [3.8, 4) is 0 Å². The smallest absolute Gasteiger partial charge is 0.240 e. The zero-order chi connectivity index (χ0) is 21.1. The minimum absolute atomic E-state index is 0.426. The lowest BCUT2D eigenvalue weighted by Gasteiger charge is -2.28. The van der Waals surface area contributed by atoms with E-state index in [1.807, 2.05) is 47.4 Å². The number of nitrogens with two attached hydrogens (primary N) is 1. The van der Waals surface area contributed by atoms with Gasteiger partial charge in [-0.1, -0.05) is 74.2 Å². The third-order valence-corrected chi connectivity index (χ3v) is 9.03. The Hall–Kier alpha value is -1.54. The van der Waals surface area contributed by atoms with Crippen molar-refractivity contribution in [3.05, 3.63) is 54.1 Å². The number of rotatable bonds is 7. The van der Waals surface area contributed by atoms with Crippen LogP contribution in [0, 0.1) is 5.92 Å². The molecule has 30 heavy (non-hydrogen) atoms. The highest BCUT2D eigenvalue weighted by atomic mass is 32.3. The van der Waals surface area contributed by atoms with Gasteiger partial charge in [0.1, 0.15) is 0 Å². The summed E-state index contributed by atoms with van der Waals surface area (Å²) in [5.41, 5.74) is 2.87. The van der Waals surface area contributed by atoms with E-state index in [0.29, 0.717) is 12.6 Å². The summed E-state index contributed by atoms with van der Waals surface area (Å²) in [6.45, 7) is 2.95. The largest absolute Gasteiger partial charge is 0.313 e. The van der Waals surface area contributed by atoms with Gasteiger partial charge in [-0.2, -0.15) is 0 Å². The highest BCUT2D eigenvalue weighted by Crippen LogP contribution is 2.49. The van der Waals surface area contributed by atoms with Crippen LogP contribution in [0.15, 0.2) is 53.4 Å². The van der Waals surface area contributed by atoms with E-state index in [0.717, 1.165) is 27.8 Å². The first-order chi connectivity index (χ1) is 14.4. The summed E-state index contributed by atoms with van der Waals surface area (Å²) >= 11 is 1.29. The highest BCUT2D eigenvalue weighted by Gasteiger charge is 2.39. The Morgan fingerprint density at radius 3 is 2.47 bits per heavy atom. The highest BCUT2D eigenvalue weighted by molar-refractivity contribution is 8.13. The molecule has 2 aromatic carbocycles. The molecule has 3 N–H and O–H groups in total. The Kier molecular flexibility index (Phi) is 6.72. The number of sulfonamides is 1. The first kappa shape index (κ1) is 21.7. The summed E-state index contributed by atoms with van der Waals surface area (Å²) in [5.74, 6) is 0.824. The van der Waals surface area contributed by atoms with E-state index in [-0.39, 0.29) is 0 Å². The summed E-state index contributed by atoms with van der Waals surface area (Å²) < 4.78 is 23.9. The quantitative estimate of drug-likeness (QED) is 0.631. The van der Waals surface area contributed by atoms with Crippen molar-refractivity contribution in [1.82, 2.24) is 5.32 Å². The van der Waals surface area contributed by atoms with Gasteiger partial charge in [0.15, 0.2) is 0 Å². The van der Waals surface area contributed by atoms with Crippen molar-refractivity contribution in [3.63, 3.8) is 0 Å². The fraction of sp³-hybridized carbons (Fsp3) is 0.478. The summed E-state index contributed by atoms with van der Waals surface area (Å²) in [4.78, 5) is 2.81. The lowest BCUT2D eigenvalue weighted by Crippen LogP contribution is -2.37. The number of fused-ring (bicyclic) bond motifs is 1. The average Bonchev–Trinajstić information content (AvgIpc) is 3.13. The number of hydrogen-bond acceptors (Lipinski definition) is 5. The summed E-state index contributed by atoms with van der Waals surface area (Å²) in [6.07, 6.45) is 8.00. The number of benzene rings is 2. The Balaban J connectivity index is 1.54. The van der Waals surface area contributed by atoms with E-state index in [4.69, 9.17) is 5.14 Å². The van der Waals surface area contributed by atoms with Crippen molar-refractivity contribution in [2.45, 2.75) is 67.6 Å². The van der Waals surface area contributed by atoms with Crippen molar-refractivity contribution in [2.24, 2.45) is 11.1 Å². The number of thioether (sulfide) groups is 1. The van der Waals surface area contributed by atoms with Gasteiger partial charge in [-0.15, -0.1) is 0 Å². The number of nitrogens with one attached hydrogen (secondary N) is 1. The van der Waals surface area contributed by atoms with Crippen LogP contribution in [0.1, 0.15) is 51.0 Å². The van der Waals surface area contributed by atoms with Gasteiger partial charge >= 0.3 is 0 Å². The molecule has 1 heterocycles. The molecule has 162 valence electrons. The van der Waals surface area contributed by atoms with Gasteiger partial charge in [0, 0.05) is 23.2 Å². The lowest BCUT2D eigenvalue weighted by atomic mass is 9.85. The zero-order valence-corrected chi connectivity index (χ0v) is 19.1. The molecule has 0 spiro atoms. The fourth-order valence-corrected chi connectivity index (χ4v) is 7.04. The minimum atomic E-state index is -3.77. The van der Waals surface area contributed by atoms with Gasteiger partial charge in [0.05, 0.1) is 5.69 Å². The maximum atomic E-state index is 12.4. The molecule has 1 aliphatic carbocycles. The van der Waals surface area contributed by atoms with Crippen LogP contribution in [0.2, 0.25) is 0 Å². The standard InChI is InChI=1S/C23H31N3O2S2/c1-17(15-18-9-3-2-4-10-18)25-16-19-11-5-6-12-20(19)26-21-13-7-8-14-22(21)29-23(26)30(24,27)28/h5-8,11-14,17-18,23,25H,2-4,9-10,15-16H2,1H3,(H2,24,27,28)/t17-,23?/m0/s1. The minimum Gasteiger partial charge on any atom is -0.313 e. The molecule has 2 atom stereocenters. The number of hydrogen-bond donors (Lipinski definition) is 2. The van der Waals surface area contributed by atoms with Crippen molar-refractivity contribution >= 4 is 33.2 Å². The third-order valence-electron chi connectivity index (χ3n) is 6.15. The van der Waals surface area contributed by atoms with Crippen LogP contribution < -0.4 is 15.4 Å². The van der Waals surface area contributed by atoms with Gasteiger partial charge < -0.3 is 10.2 Å². The van der Waals surface area contributed by atoms with E-state index >= 15 is 0 Å². The maximum absolute atomic E-state index is 12.4. The zero-order valence-electron chi connectivity index (χ0n) is 17.5. The van der Waals surface area contributed by atoms with E-state index < -0.39 is 14.7 Å². The monoisotopic (exact) mass is 445 g/mol. The molecule has 0 radical (unpaired) electrons. The van der Waals surface area contributed by atoms with Gasteiger partial charge in [-0.3, -0.25) is 0 Å². The average molecular weight is 446 g/mol. The van der Waals surface area contributed by atoms with E-state index in [1.54, 1.807) is 0 Å². The second kappa shape index (κ2) is 9.30. The Morgan fingerprint density at radius 2 is 1.73 bits per heavy atom. The molecule has 2 aromatic rings. The Morgan fingerprint density at radius 1 is 1.07 bits per heavy atom. The molecule has 0 amide bonds. The fourth-order valence-electron chi connectivity index (χ4n) is 4.67. The van der Waals surface area contributed by atoms with E-state index in [1.165, 1.54) is 50.3 Å². The molecule has 1 saturated carbocycles. The molecule has 1 fully saturated rings. The SMILES string of the molecule is C[C@@H](CC1CCCCC1)NCc1ccccc1N1c2ccccc2SC1S(N)(=O)=O. The molecule has 0 saturated heterocycles. The van der Waals surface area contributed by atoms with Crippen LogP contribution in [0.3, 0.4) is 0 Å². The van der Waals surface area contributed by atoms with Crippen molar-refractivity contribution < 1.29 is 8.42 Å². The molecule has 7 heteroatoms. The van der Waals surface area contributed by atoms with Gasteiger partial charge in [-0.05, 0) is 43.0 Å². The normalized spacial score (nSPS) is 20.9. The molecule has 1 aliphatic heterocycles. The number of nitrogens with zero attached hydrogens (tertiary/aromatic N) is 1. The van der Waals surface area contributed by atoms with E-state index in [9.17, 15) is 8.42 Å². The number of primary sulfonamides is 1. The van der Waals surface area contributed by atoms with Gasteiger partial charge in [-0.25, -0.2) is 13.6 Å². The summed E-state index contributed by atoms with van der Waals surface area (Å²) in [5, 5.41) is 9.29. The predicted molar refractivity (Wildman–Crippen MR) is 125 cm³/mol. The van der Waals surface area contributed by atoms with Crippen LogP contribution in [-0.4, -0.2) is 19.2 Å². The summed E-state index contributed by atoms with van der Waals surface area (Å²) in [7, 11) is -3.77. The van der Waals surface area contributed by atoms with Gasteiger partial charge in [0.25, 0.3) is 0 Å². The predicted octanol–water partition coefficient (Wildman–Crippen LogP) is 4.95. The van der Waals surface area contributed by atoms with Crippen LogP contribution in [0.4, 0.5) is 11.4 Å².